The maximum Gasteiger partial charge on any atom is 0.373 e. The van der Waals surface area contributed by atoms with Crippen LogP contribution in [0.2, 0.25) is 0 Å². The molecule has 0 amide bonds. The van der Waals surface area contributed by atoms with E-state index in [0.29, 0.717) is 6.61 Å². The molecule has 0 heterocycles. The Hall–Kier alpha value is -1.32. The van der Waals surface area contributed by atoms with E-state index < -0.39 is 11.4 Å². The zero-order valence-electron chi connectivity index (χ0n) is 8.99. The number of hydrogen-bond acceptors (Lipinski definition) is 4. The smallest absolute Gasteiger partial charge is 0.373 e. The second-order valence-electron chi connectivity index (χ2n) is 3.37. The summed E-state index contributed by atoms with van der Waals surface area (Å²) in [6.07, 6.45) is 2.20. The lowest BCUT2D eigenvalue weighted by atomic mass is 9.95. The Labute approximate surface area is 83.9 Å². The minimum atomic E-state index is -0.724. The summed E-state index contributed by atoms with van der Waals surface area (Å²) in [6, 6.07) is 0. The first-order valence-corrected chi connectivity index (χ1v) is 4.37. The summed E-state index contributed by atoms with van der Waals surface area (Å²) in [7, 11) is 1.27. The van der Waals surface area contributed by atoms with Gasteiger partial charge in [0, 0.05) is 5.41 Å². The van der Waals surface area contributed by atoms with Crippen LogP contribution in [0.3, 0.4) is 0 Å². The Bertz CT molecular complexity index is 241. The van der Waals surface area contributed by atoms with E-state index in [2.05, 4.69) is 4.74 Å². The summed E-state index contributed by atoms with van der Waals surface area (Å²) >= 11 is 0. The van der Waals surface area contributed by atoms with Crippen LogP contribution in [-0.2, 0) is 19.1 Å². The van der Waals surface area contributed by atoms with Gasteiger partial charge in [0.05, 0.1) is 13.7 Å². The third-order valence-corrected chi connectivity index (χ3v) is 1.49. The first kappa shape index (κ1) is 12.7. The van der Waals surface area contributed by atoms with Gasteiger partial charge >= 0.3 is 5.97 Å². The molecule has 0 radical (unpaired) electrons. The molecule has 4 heteroatoms. The average Bonchev–Trinajstić information content (AvgIpc) is 2.16. The van der Waals surface area contributed by atoms with E-state index in [9.17, 15) is 9.59 Å². The van der Waals surface area contributed by atoms with Gasteiger partial charge in [0.25, 0.3) is 0 Å². The maximum atomic E-state index is 11.2. The number of hydrogen-bond donors (Lipinski definition) is 0. The van der Waals surface area contributed by atoms with Gasteiger partial charge in [0.15, 0.2) is 0 Å². The van der Waals surface area contributed by atoms with E-state index in [-0.39, 0.29) is 5.76 Å². The van der Waals surface area contributed by atoms with Crippen LogP contribution >= 0.6 is 0 Å². The van der Waals surface area contributed by atoms with Crippen LogP contribution in [0.5, 0.6) is 0 Å². The van der Waals surface area contributed by atoms with Crippen LogP contribution in [0.15, 0.2) is 11.8 Å². The second kappa shape index (κ2) is 5.42. The normalized spacial score (nSPS) is 12.1. The molecule has 0 saturated carbocycles. The molecule has 0 unspecified atom stereocenters. The first-order chi connectivity index (χ1) is 6.46. The highest BCUT2D eigenvalue weighted by atomic mass is 16.6. The van der Waals surface area contributed by atoms with Crippen LogP contribution in [0.4, 0.5) is 0 Å². The molecule has 0 fully saturated rings. The summed E-state index contributed by atoms with van der Waals surface area (Å²) in [5.41, 5.74) is -0.724. The van der Waals surface area contributed by atoms with Crippen molar-refractivity contribution in [2.24, 2.45) is 5.41 Å². The number of esters is 1. The molecule has 0 aliphatic heterocycles. The topological polar surface area (TPSA) is 52.6 Å². The van der Waals surface area contributed by atoms with E-state index >= 15 is 0 Å². The molecule has 0 spiro atoms. The molecule has 0 N–H and O–H groups in total. The number of ether oxygens (including phenoxy) is 2. The van der Waals surface area contributed by atoms with Crippen LogP contribution < -0.4 is 0 Å². The Morgan fingerprint density at radius 3 is 2.36 bits per heavy atom. The molecule has 4 nitrogen and oxygen atoms in total. The Balaban J connectivity index is 4.80. The zero-order valence-corrected chi connectivity index (χ0v) is 8.99. The lowest BCUT2D eigenvalue weighted by Gasteiger charge is -2.13. The summed E-state index contributed by atoms with van der Waals surface area (Å²) < 4.78 is 9.57. The van der Waals surface area contributed by atoms with Crippen molar-refractivity contribution in [3.8, 4) is 0 Å². The van der Waals surface area contributed by atoms with E-state index in [1.807, 2.05) is 0 Å². The second-order valence-corrected chi connectivity index (χ2v) is 3.37. The van der Waals surface area contributed by atoms with Crippen molar-refractivity contribution in [1.82, 2.24) is 0 Å². The van der Waals surface area contributed by atoms with E-state index in [1.165, 1.54) is 13.2 Å². The largest absolute Gasteiger partial charge is 0.487 e. The number of carbonyl (C=O) groups is 2. The summed E-state index contributed by atoms with van der Waals surface area (Å²) in [6.45, 7) is 5.48. The molecule has 0 saturated heterocycles. The first-order valence-electron chi connectivity index (χ1n) is 4.37. The highest BCUT2D eigenvalue weighted by molar-refractivity contribution is 5.87. The fraction of sp³-hybridized carbons (Fsp3) is 0.600. The molecule has 0 aliphatic carbocycles. The monoisotopic (exact) mass is 200 g/mol. The molecule has 80 valence electrons. The molecule has 0 aliphatic rings. The predicted molar refractivity (Wildman–Crippen MR) is 51.6 cm³/mol. The molecule has 0 atom stereocenters. The predicted octanol–water partition coefficient (Wildman–Crippen LogP) is 1.30. The summed E-state index contributed by atoms with van der Waals surface area (Å²) in [5.74, 6) is -0.492. The summed E-state index contributed by atoms with van der Waals surface area (Å²) in [4.78, 5) is 21.8. The van der Waals surface area contributed by atoms with Gasteiger partial charge in [0.1, 0.15) is 6.29 Å². The standard InChI is InChI=1S/C10H16O4/c1-5-14-8(9(12)13-4)6-10(2,3)7-11/h6-7H,5H2,1-4H3/b8-6+. The lowest BCUT2D eigenvalue weighted by Crippen LogP contribution is -2.15. The molecule has 0 aromatic heterocycles. The van der Waals surface area contributed by atoms with Gasteiger partial charge in [-0.05, 0) is 26.8 Å². The van der Waals surface area contributed by atoms with Crippen LogP contribution in [0.25, 0.3) is 0 Å². The van der Waals surface area contributed by atoms with Gasteiger partial charge in [-0.1, -0.05) is 0 Å². The SMILES string of the molecule is CCO/C(=C/C(C)(C)C=O)C(=O)OC. The van der Waals surface area contributed by atoms with E-state index in [1.54, 1.807) is 20.8 Å². The third-order valence-electron chi connectivity index (χ3n) is 1.49. The summed E-state index contributed by atoms with van der Waals surface area (Å²) in [5, 5.41) is 0. The molecule has 0 rings (SSSR count). The lowest BCUT2D eigenvalue weighted by molar-refractivity contribution is -0.140. The Morgan fingerprint density at radius 2 is 2.00 bits per heavy atom. The van der Waals surface area contributed by atoms with Crippen molar-refractivity contribution in [3.63, 3.8) is 0 Å². The van der Waals surface area contributed by atoms with Crippen LogP contribution in [0, 0.1) is 5.41 Å². The molecular formula is C10H16O4. The molecule has 0 aromatic rings. The van der Waals surface area contributed by atoms with Gasteiger partial charge in [0.2, 0.25) is 5.76 Å². The molecule has 0 bridgehead atoms. The third kappa shape index (κ3) is 4.07. The Morgan fingerprint density at radius 1 is 1.43 bits per heavy atom. The molecule has 14 heavy (non-hydrogen) atoms. The number of methoxy groups -OCH3 is 1. The van der Waals surface area contributed by atoms with Crippen molar-refractivity contribution >= 4 is 12.3 Å². The highest BCUT2D eigenvalue weighted by Gasteiger charge is 2.19. The Kier molecular flexibility index (Phi) is 4.91. The fourth-order valence-electron chi connectivity index (χ4n) is 0.788. The van der Waals surface area contributed by atoms with Gasteiger partial charge in [-0.15, -0.1) is 0 Å². The minimum absolute atomic E-state index is 0.0760. The minimum Gasteiger partial charge on any atom is -0.487 e. The maximum absolute atomic E-state index is 11.2. The number of aldehydes is 1. The quantitative estimate of drug-likeness (QED) is 0.290. The van der Waals surface area contributed by atoms with E-state index in [4.69, 9.17) is 4.74 Å². The van der Waals surface area contributed by atoms with Gasteiger partial charge in [-0.3, -0.25) is 0 Å². The van der Waals surface area contributed by atoms with Crippen LogP contribution in [-0.4, -0.2) is 26.0 Å². The van der Waals surface area contributed by atoms with Gasteiger partial charge < -0.3 is 14.3 Å². The van der Waals surface area contributed by atoms with Crippen molar-refractivity contribution in [2.45, 2.75) is 20.8 Å². The van der Waals surface area contributed by atoms with Crippen molar-refractivity contribution < 1.29 is 19.1 Å². The van der Waals surface area contributed by atoms with Gasteiger partial charge in [-0.25, -0.2) is 4.79 Å². The average molecular weight is 200 g/mol. The van der Waals surface area contributed by atoms with E-state index in [0.717, 1.165) is 6.29 Å². The van der Waals surface area contributed by atoms with Crippen molar-refractivity contribution in [1.29, 1.82) is 0 Å². The fourth-order valence-corrected chi connectivity index (χ4v) is 0.788. The molecular weight excluding hydrogens is 184 g/mol. The van der Waals surface area contributed by atoms with Crippen molar-refractivity contribution in [3.05, 3.63) is 11.8 Å². The van der Waals surface area contributed by atoms with Crippen molar-refractivity contribution in [2.75, 3.05) is 13.7 Å². The highest BCUT2D eigenvalue weighted by Crippen LogP contribution is 2.17. The zero-order chi connectivity index (χ0) is 11.2. The number of carbonyl (C=O) groups excluding carboxylic acids is 2. The number of allylic oxidation sites excluding steroid dienone is 1. The van der Waals surface area contributed by atoms with Gasteiger partial charge in [-0.2, -0.15) is 0 Å². The van der Waals surface area contributed by atoms with Crippen LogP contribution in [0.1, 0.15) is 20.8 Å². The molecule has 0 aromatic carbocycles. The number of rotatable bonds is 5.